The Morgan fingerprint density at radius 1 is 0.944 bits per heavy atom. The maximum atomic E-state index is 5.21. The van der Waals surface area contributed by atoms with Crippen LogP contribution in [-0.2, 0) is 0 Å². The highest BCUT2D eigenvalue weighted by molar-refractivity contribution is 7.80. The monoisotopic (exact) mass is 270 g/mol. The third-order valence-corrected chi connectivity index (χ3v) is 3.74. The molecule has 0 heterocycles. The molecule has 2 N–H and O–H groups in total. The first-order chi connectivity index (χ1) is 8.83. The highest BCUT2D eigenvalue weighted by Gasteiger charge is 2.21. The normalized spacial score (nSPS) is 14.5. The summed E-state index contributed by atoms with van der Waals surface area (Å²) in [6.07, 6.45) is 15.0. The summed E-state index contributed by atoms with van der Waals surface area (Å²) in [5, 5.41) is 7.46. The van der Waals surface area contributed by atoms with Gasteiger partial charge in [0.25, 0.3) is 0 Å². The molecule has 1 aliphatic rings. The summed E-state index contributed by atoms with van der Waals surface area (Å²) in [4.78, 5) is 0. The van der Waals surface area contributed by atoms with Crippen LogP contribution < -0.4 is 10.6 Å². The summed E-state index contributed by atoms with van der Waals surface area (Å²) in [7, 11) is 0. The summed E-state index contributed by atoms with van der Waals surface area (Å²) >= 11 is 5.21. The SMILES string of the molecule is CCCCCCCCCCCNC(=S)NC1CC1. The van der Waals surface area contributed by atoms with Crippen molar-refractivity contribution in [3.8, 4) is 0 Å². The van der Waals surface area contributed by atoms with E-state index in [0.29, 0.717) is 6.04 Å². The van der Waals surface area contributed by atoms with Crippen LogP contribution in [0.15, 0.2) is 0 Å². The van der Waals surface area contributed by atoms with Gasteiger partial charge in [-0.05, 0) is 31.5 Å². The molecule has 0 atom stereocenters. The maximum absolute atomic E-state index is 5.21. The molecule has 0 unspecified atom stereocenters. The fourth-order valence-corrected chi connectivity index (χ4v) is 2.37. The van der Waals surface area contributed by atoms with E-state index in [-0.39, 0.29) is 0 Å². The quantitative estimate of drug-likeness (QED) is 0.436. The van der Waals surface area contributed by atoms with E-state index in [1.54, 1.807) is 0 Å². The lowest BCUT2D eigenvalue weighted by atomic mass is 10.1. The predicted octanol–water partition coefficient (Wildman–Crippen LogP) is 4.14. The van der Waals surface area contributed by atoms with Gasteiger partial charge < -0.3 is 10.6 Å². The molecule has 0 bridgehead atoms. The molecule has 3 heteroatoms. The zero-order valence-corrected chi connectivity index (χ0v) is 12.8. The predicted molar refractivity (Wildman–Crippen MR) is 84.0 cm³/mol. The maximum Gasteiger partial charge on any atom is 0.166 e. The molecule has 0 spiro atoms. The van der Waals surface area contributed by atoms with Gasteiger partial charge in [-0.15, -0.1) is 0 Å². The molecule has 0 aromatic heterocycles. The zero-order valence-electron chi connectivity index (χ0n) is 12.0. The summed E-state index contributed by atoms with van der Waals surface area (Å²) < 4.78 is 0. The van der Waals surface area contributed by atoms with Crippen molar-refractivity contribution in [3.63, 3.8) is 0 Å². The van der Waals surface area contributed by atoms with Crippen molar-refractivity contribution in [2.45, 2.75) is 83.6 Å². The van der Waals surface area contributed by atoms with Crippen LogP contribution in [0.25, 0.3) is 0 Å². The first-order valence-electron chi connectivity index (χ1n) is 7.87. The molecule has 0 aromatic carbocycles. The minimum Gasteiger partial charge on any atom is -0.363 e. The summed E-state index contributed by atoms with van der Waals surface area (Å²) in [6.45, 7) is 3.31. The lowest BCUT2D eigenvalue weighted by molar-refractivity contribution is 0.562. The average molecular weight is 270 g/mol. The number of rotatable bonds is 11. The largest absolute Gasteiger partial charge is 0.363 e. The molecule has 0 aliphatic heterocycles. The van der Waals surface area contributed by atoms with E-state index in [0.717, 1.165) is 11.7 Å². The Balaban J connectivity index is 1.71. The Kier molecular flexibility index (Phi) is 9.27. The van der Waals surface area contributed by atoms with E-state index in [2.05, 4.69) is 17.6 Å². The van der Waals surface area contributed by atoms with Crippen LogP contribution in [0.5, 0.6) is 0 Å². The van der Waals surface area contributed by atoms with Crippen LogP contribution in [-0.4, -0.2) is 17.7 Å². The molecule has 1 fully saturated rings. The van der Waals surface area contributed by atoms with Crippen LogP contribution in [0.4, 0.5) is 0 Å². The lowest BCUT2D eigenvalue weighted by Crippen LogP contribution is -2.36. The fraction of sp³-hybridized carbons (Fsp3) is 0.933. The molecule has 1 aliphatic carbocycles. The molecule has 1 rings (SSSR count). The van der Waals surface area contributed by atoms with Crippen LogP contribution in [0.2, 0.25) is 0 Å². The van der Waals surface area contributed by atoms with Crippen molar-refractivity contribution in [1.82, 2.24) is 10.6 Å². The average Bonchev–Trinajstić information content (AvgIpc) is 3.15. The van der Waals surface area contributed by atoms with Gasteiger partial charge >= 0.3 is 0 Å². The van der Waals surface area contributed by atoms with Gasteiger partial charge in [-0.2, -0.15) is 0 Å². The van der Waals surface area contributed by atoms with E-state index < -0.39 is 0 Å². The van der Waals surface area contributed by atoms with Gasteiger partial charge in [-0.25, -0.2) is 0 Å². The van der Waals surface area contributed by atoms with Crippen molar-refractivity contribution >= 4 is 17.3 Å². The van der Waals surface area contributed by atoms with Gasteiger partial charge in [0.2, 0.25) is 0 Å². The van der Waals surface area contributed by atoms with E-state index in [1.165, 1.54) is 70.6 Å². The summed E-state index contributed by atoms with van der Waals surface area (Å²) in [6, 6.07) is 0.674. The van der Waals surface area contributed by atoms with Gasteiger partial charge in [0.05, 0.1) is 0 Å². The number of nitrogens with one attached hydrogen (secondary N) is 2. The number of thiocarbonyl (C=S) groups is 1. The zero-order chi connectivity index (χ0) is 13.1. The van der Waals surface area contributed by atoms with Crippen molar-refractivity contribution < 1.29 is 0 Å². The number of unbranched alkanes of at least 4 members (excludes halogenated alkanes) is 8. The number of hydrogen-bond acceptors (Lipinski definition) is 1. The van der Waals surface area contributed by atoms with E-state index in [4.69, 9.17) is 12.2 Å². The Labute approximate surface area is 118 Å². The molecule has 106 valence electrons. The van der Waals surface area contributed by atoms with Gasteiger partial charge in [-0.1, -0.05) is 58.3 Å². The second-order valence-corrected chi connectivity index (χ2v) is 5.91. The van der Waals surface area contributed by atoms with Gasteiger partial charge in [0.1, 0.15) is 0 Å². The van der Waals surface area contributed by atoms with E-state index >= 15 is 0 Å². The first kappa shape index (κ1) is 15.7. The van der Waals surface area contributed by atoms with Crippen molar-refractivity contribution in [2.24, 2.45) is 0 Å². The molecule has 0 amide bonds. The van der Waals surface area contributed by atoms with Crippen LogP contribution >= 0.6 is 12.2 Å². The van der Waals surface area contributed by atoms with Crippen molar-refractivity contribution in [1.29, 1.82) is 0 Å². The highest BCUT2D eigenvalue weighted by Crippen LogP contribution is 2.18. The van der Waals surface area contributed by atoms with Gasteiger partial charge in [0, 0.05) is 12.6 Å². The Morgan fingerprint density at radius 2 is 1.50 bits per heavy atom. The molecular weight excluding hydrogens is 240 g/mol. The minimum atomic E-state index is 0.674. The van der Waals surface area contributed by atoms with Crippen molar-refractivity contribution in [3.05, 3.63) is 0 Å². The molecular formula is C15H30N2S. The standard InChI is InChI=1S/C15H30N2S/c1-2-3-4-5-6-7-8-9-10-13-16-15(18)17-14-11-12-14/h14H,2-13H2,1H3,(H2,16,17,18). The van der Waals surface area contributed by atoms with E-state index in [1.807, 2.05) is 0 Å². The van der Waals surface area contributed by atoms with Gasteiger partial charge in [0.15, 0.2) is 5.11 Å². The Morgan fingerprint density at radius 3 is 2.06 bits per heavy atom. The first-order valence-corrected chi connectivity index (χ1v) is 8.28. The summed E-state index contributed by atoms with van der Waals surface area (Å²) in [5.41, 5.74) is 0. The van der Waals surface area contributed by atoms with Crippen molar-refractivity contribution in [2.75, 3.05) is 6.54 Å². The second kappa shape index (κ2) is 10.6. The molecule has 0 aromatic rings. The molecule has 18 heavy (non-hydrogen) atoms. The number of hydrogen-bond donors (Lipinski definition) is 2. The van der Waals surface area contributed by atoms with Gasteiger partial charge in [-0.3, -0.25) is 0 Å². The third-order valence-electron chi connectivity index (χ3n) is 3.48. The smallest absolute Gasteiger partial charge is 0.166 e. The van der Waals surface area contributed by atoms with Crippen LogP contribution in [0.1, 0.15) is 77.6 Å². The lowest BCUT2D eigenvalue weighted by Gasteiger charge is -2.09. The molecule has 1 saturated carbocycles. The molecule has 2 nitrogen and oxygen atoms in total. The topological polar surface area (TPSA) is 24.1 Å². The fourth-order valence-electron chi connectivity index (χ4n) is 2.10. The minimum absolute atomic E-state index is 0.674. The summed E-state index contributed by atoms with van der Waals surface area (Å²) in [5.74, 6) is 0. The highest BCUT2D eigenvalue weighted by atomic mass is 32.1. The molecule has 0 saturated heterocycles. The Bertz CT molecular complexity index is 215. The van der Waals surface area contributed by atoms with E-state index in [9.17, 15) is 0 Å². The Hall–Kier alpha value is -0.310. The second-order valence-electron chi connectivity index (χ2n) is 5.50. The molecule has 0 radical (unpaired) electrons. The third kappa shape index (κ3) is 9.69. The van der Waals surface area contributed by atoms with Crippen LogP contribution in [0, 0.1) is 0 Å². The van der Waals surface area contributed by atoms with Crippen LogP contribution in [0.3, 0.4) is 0 Å².